The highest BCUT2D eigenvalue weighted by Gasteiger charge is 2.18. The number of nitro groups is 1. The Bertz CT molecular complexity index is 767. The van der Waals surface area contributed by atoms with Crippen molar-refractivity contribution < 1.29 is 14.5 Å². The van der Waals surface area contributed by atoms with Gasteiger partial charge in [-0.15, -0.1) is 0 Å². The van der Waals surface area contributed by atoms with Gasteiger partial charge in [0.2, 0.25) is 0 Å². The number of nitrogens with one attached hydrogen (secondary N) is 1. The standard InChI is InChI=1S/C16H14Cl2N2O4/c1-10(12-4-2-3-5-13(12)18)19-16(21)9-24-15-7-6-11(17)8-14(15)20(22)23/h2-8,10H,9H2,1H3,(H,19,21)/t10-/m1/s1. The van der Waals surface area contributed by atoms with E-state index in [0.29, 0.717) is 5.02 Å². The van der Waals surface area contributed by atoms with Crippen molar-refractivity contribution in [3.05, 3.63) is 68.2 Å². The van der Waals surface area contributed by atoms with Crippen molar-refractivity contribution in [3.8, 4) is 5.75 Å². The Kier molecular flexibility index (Phi) is 6.00. The summed E-state index contributed by atoms with van der Waals surface area (Å²) in [6.07, 6.45) is 0. The van der Waals surface area contributed by atoms with Gasteiger partial charge in [-0.25, -0.2) is 0 Å². The zero-order valence-electron chi connectivity index (χ0n) is 12.7. The zero-order chi connectivity index (χ0) is 17.7. The van der Waals surface area contributed by atoms with Crippen molar-refractivity contribution in [3.63, 3.8) is 0 Å². The molecule has 126 valence electrons. The molecule has 6 nitrogen and oxygen atoms in total. The van der Waals surface area contributed by atoms with Crippen LogP contribution in [-0.4, -0.2) is 17.4 Å². The maximum absolute atomic E-state index is 12.0. The first-order valence-corrected chi connectivity index (χ1v) is 7.74. The third-order valence-electron chi connectivity index (χ3n) is 3.23. The summed E-state index contributed by atoms with van der Waals surface area (Å²) in [5, 5.41) is 14.4. The molecule has 1 N–H and O–H groups in total. The van der Waals surface area contributed by atoms with Gasteiger partial charge in [0.1, 0.15) is 0 Å². The molecule has 0 fully saturated rings. The first kappa shape index (κ1) is 18.0. The summed E-state index contributed by atoms with van der Waals surface area (Å²) >= 11 is 11.8. The molecule has 0 aliphatic heterocycles. The van der Waals surface area contributed by atoms with E-state index in [-0.39, 0.29) is 29.1 Å². The van der Waals surface area contributed by atoms with Gasteiger partial charge >= 0.3 is 5.69 Å². The molecule has 2 aromatic carbocycles. The molecule has 0 aliphatic carbocycles. The van der Waals surface area contributed by atoms with Crippen LogP contribution in [0.1, 0.15) is 18.5 Å². The molecule has 0 spiro atoms. The Labute approximate surface area is 148 Å². The molecular formula is C16H14Cl2N2O4. The smallest absolute Gasteiger partial charge is 0.312 e. The van der Waals surface area contributed by atoms with Crippen molar-refractivity contribution in [2.75, 3.05) is 6.61 Å². The molecule has 0 aromatic heterocycles. The minimum Gasteiger partial charge on any atom is -0.477 e. The molecule has 2 aromatic rings. The largest absolute Gasteiger partial charge is 0.477 e. The maximum atomic E-state index is 12.0. The molecular weight excluding hydrogens is 355 g/mol. The number of ether oxygens (including phenoxy) is 1. The van der Waals surface area contributed by atoms with Crippen LogP contribution in [0.15, 0.2) is 42.5 Å². The van der Waals surface area contributed by atoms with E-state index in [9.17, 15) is 14.9 Å². The lowest BCUT2D eigenvalue weighted by molar-refractivity contribution is -0.385. The van der Waals surface area contributed by atoms with Gasteiger partial charge in [0.05, 0.1) is 11.0 Å². The Morgan fingerprint density at radius 1 is 1.29 bits per heavy atom. The van der Waals surface area contributed by atoms with E-state index in [4.69, 9.17) is 27.9 Å². The predicted octanol–water partition coefficient (Wildman–Crippen LogP) is 4.16. The zero-order valence-corrected chi connectivity index (χ0v) is 14.2. The molecule has 0 saturated carbocycles. The highest BCUT2D eigenvalue weighted by molar-refractivity contribution is 6.31. The lowest BCUT2D eigenvalue weighted by Gasteiger charge is -2.16. The van der Waals surface area contributed by atoms with Gasteiger partial charge < -0.3 is 10.1 Å². The number of nitrogens with zero attached hydrogens (tertiary/aromatic N) is 1. The van der Waals surface area contributed by atoms with E-state index in [2.05, 4.69) is 5.32 Å². The number of carbonyl (C=O) groups excluding carboxylic acids is 1. The summed E-state index contributed by atoms with van der Waals surface area (Å²) in [4.78, 5) is 22.3. The van der Waals surface area contributed by atoms with Crippen molar-refractivity contribution in [2.24, 2.45) is 0 Å². The van der Waals surface area contributed by atoms with Crippen LogP contribution in [0.3, 0.4) is 0 Å². The third-order valence-corrected chi connectivity index (χ3v) is 3.80. The summed E-state index contributed by atoms with van der Waals surface area (Å²) in [6.45, 7) is 1.42. The molecule has 1 atom stereocenters. The number of amides is 1. The second-order valence-electron chi connectivity index (χ2n) is 4.97. The third kappa shape index (κ3) is 4.59. The van der Waals surface area contributed by atoms with Gasteiger partial charge in [0.25, 0.3) is 5.91 Å². The normalized spacial score (nSPS) is 11.6. The van der Waals surface area contributed by atoms with Gasteiger partial charge in [-0.1, -0.05) is 41.4 Å². The van der Waals surface area contributed by atoms with Crippen LogP contribution in [-0.2, 0) is 4.79 Å². The molecule has 8 heteroatoms. The Morgan fingerprint density at radius 2 is 2.00 bits per heavy atom. The van der Waals surface area contributed by atoms with E-state index >= 15 is 0 Å². The molecule has 0 radical (unpaired) electrons. The number of hydrogen-bond donors (Lipinski definition) is 1. The number of halogens is 2. The van der Waals surface area contributed by atoms with E-state index in [1.807, 2.05) is 6.07 Å². The lowest BCUT2D eigenvalue weighted by Crippen LogP contribution is -2.31. The van der Waals surface area contributed by atoms with Crippen LogP contribution in [0.4, 0.5) is 5.69 Å². The summed E-state index contributed by atoms with van der Waals surface area (Å²) in [7, 11) is 0. The molecule has 0 aliphatic rings. The van der Waals surface area contributed by atoms with Crippen LogP contribution >= 0.6 is 23.2 Å². The molecule has 0 saturated heterocycles. The summed E-state index contributed by atoms with van der Waals surface area (Å²) in [6, 6.07) is 10.8. The van der Waals surface area contributed by atoms with Crippen molar-refractivity contribution >= 4 is 34.8 Å². The van der Waals surface area contributed by atoms with Crippen LogP contribution in [0.5, 0.6) is 5.75 Å². The first-order valence-electron chi connectivity index (χ1n) is 6.99. The fraction of sp³-hybridized carbons (Fsp3) is 0.188. The Balaban J connectivity index is 1.99. The molecule has 2 rings (SSSR count). The number of nitro benzene ring substituents is 1. The monoisotopic (exact) mass is 368 g/mol. The Morgan fingerprint density at radius 3 is 2.67 bits per heavy atom. The summed E-state index contributed by atoms with van der Waals surface area (Å²) < 4.78 is 5.24. The number of carbonyl (C=O) groups is 1. The molecule has 0 unspecified atom stereocenters. The fourth-order valence-corrected chi connectivity index (χ4v) is 2.55. The average molecular weight is 369 g/mol. The van der Waals surface area contributed by atoms with Gasteiger partial charge in [-0.3, -0.25) is 14.9 Å². The Hall–Kier alpha value is -2.31. The minimum atomic E-state index is -0.620. The second kappa shape index (κ2) is 7.99. The van der Waals surface area contributed by atoms with E-state index in [1.54, 1.807) is 25.1 Å². The van der Waals surface area contributed by atoms with E-state index < -0.39 is 10.8 Å². The predicted molar refractivity (Wildman–Crippen MR) is 91.6 cm³/mol. The van der Waals surface area contributed by atoms with Crippen LogP contribution in [0.2, 0.25) is 10.0 Å². The fourth-order valence-electron chi connectivity index (χ4n) is 2.09. The van der Waals surface area contributed by atoms with Crippen molar-refractivity contribution in [1.29, 1.82) is 0 Å². The van der Waals surface area contributed by atoms with Gasteiger partial charge in [0.15, 0.2) is 12.4 Å². The summed E-state index contributed by atoms with van der Waals surface area (Å²) in [5.74, 6) is -0.448. The highest BCUT2D eigenvalue weighted by Crippen LogP contribution is 2.29. The maximum Gasteiger partial charge on any atom is 0.312 e. The van der Waals surface area contributed by atoms with Crippen LogP contribution in [0.25, 0.3) is 0 Å². The van der Waals surface area contributed by atoms with Crippen molar-refractivity contribution in [2.45, 2.75) is 13.0 Å². The highest BCUT2D eigenvalue weighted by atomic mass is 35.5. The van der Waals surface area contributed by atoms with Gasteiger partial charge in [-0.05, 0) is 30.7 Å². The van der Waals surface area contributed by atoms with Crippen LogP contribution in [0, 0.1) is 10.1 Å². The van der Waals surface area contributed by atoms with Crippen LogP contribution < -0.4 is 10.1 Å². The molecule has 0 heterocycles. The average Bonchev–Trinajstić information content (AvgIpc) is 2.53. The number of benzene rings is 2. The van der Waals surface area contributed by atoms with E-state index in [1.165, 1.54) is 18.2 Å². The molecule has 0 bridgehead atoms. The number of hydrogen-bond acceptors (Lipinski definition) is 4. The molecule has 24 heavy (non-hydrogen) atoms. The summed E-state index contributed by atoms with van der Waals surface area (Å²) in [5.41, 5.74) is 0.472. The topological polar surface area (TPSA) is 81.5 Å². The minimum absolute atomic E-state index is 0.0232. The van der Waals surface area contributed by atoms with E-state index in [0.717, 1.165) is 5.56 Å². The SMILES string of the molecule is C[C@@H](NC(=O)COc1ccc(Cl)cc1[N+](=O)[O-])c1ccccc1Cl. The van der Waals surface area contributed by atoms with Gasteiger partial charge in [-0.2, -0.15) is 0 Å². The first-order chi connectivity index (χ1) is 11.4. The second-order valence-corrected chi connectivity index (χ2v) is 5.81. The lowest BCUT2D eigenvalue weighted by atomic mass is 10.1. The quantitative estimate of drug-likeness (QED) is 0.612. The van der Waals surface area contributed by atoms with Crippen molar-refractivity contribution in [1.82, 2.24) is 5.32 Å². The number of rotatable bonds is 6. The molecule has 1 amide bonds. The van der Waals surface area contributed by atoms with Gasteiger partial charge in [0, 0.05) is 16.1 Å².